The van der Waals surface area contributed by atoms with Crippen molar-refractivity contribution in [2.75, 3.05) is 0 Å². The van der Waals surface area contributed by atoms with E-state index in [9.17, 15) is 0 Å². The van der Waals surface area contributed by atoms with Crippen LogP contribution in [-0.4, -0.2) is 4.83 Å². The van der Waals surface area contributed by atoms with Crippen molar-refractivity contribution in [3.63, 3.8) is 0 Å². The first-order chi connectivity index (χ1) is 8.70. The Morgan fingerprint density at radius 3 is 1.67 bits per heavy atom. The Morgan fingerprint density at radius 2 is 1.17 bits per heavy atom. The molecule has 2 aromatic carbocycles. The van der Waals surface area contributed by atoms with Crippen molar-refractivity contribution in [3.05, 3.63) is 71.8 Å². The fourth-order valence-corrected chi connectivity index (χ4v) is 3.39. The summed E-state index contributed by atoms with van der Waals surface area (Å²) in [6.45, 7) is 2.26. The van der Waals surface area contributed by atoms with Crippen LogP contribution in [0.2, 0.25) is 0 Å². The largest absolute Gasteiger partial charge is 0.0868 e. The minimum absolute atomic E-state index is 0.314. The van der Waals surface area contributed by atoms with Crippen molar-refractivity contribution < 1.29 is 0 Å². The molecular formula is C16H16Br2. The summed E-state index contributed by atoms with van der Waals surface area (Å²) in [7, 11) is 0. The molecule has 94 valence electrons. The number of hydrogen-bond acceptors (Lipinski definition) is 0. The normalized spacial score (nSPS) is 15.9. The molecule has 2 aromatic rings. The van der Waals surface area contributed by atoms with Gasteiger partial charge in [0.05, 0.1) is 4.83 Å². The summed E-state index contributed by atoms with van der Waals surface area (Å²) < 4.78 is 0. The third-order valence-corrected chi connectivity index (χ3v) is 6.33. The summed E-state index contributed by atoms with van der Waals surface area (Å²) in [4.78, 5) is 0.677. The molecule has 0 saturated carbocycles. The van der Waals surface area contributed by atoms with Gasteiger partial charge >= 0.3 is 0 Å². The van der Waals surface area contributed by atoms with Gasteiger partial charge in [-0.3, -0.25) is 0 Å². The molecule has 0 aliphatic carbocycles. The van der Waals surface area contributed by atoms with Crippen LogP contribution in [0.25, 0.3) is 0 Å². The lowest BCUT2D eigenvalue weighted by molar-refractivity contribution is 0.705. The lowest BCUT2D eigenvalue weighted by Gasteiger charge is -2.24. The van der Waals surface area contributed by atoms with Gasteiger partial charge in [-0.05, 0) is 17.0 Å². The van der Waals surface area contributed by atoms with Gasteiger partial charge in [0.1, 0.15) is 0 Å². The third-order valence-electron chi connectivity index (χ3n) is 3.20. The first kappa shape index (κ1) is 13.8. The van der Waals surface area contributed by atoms with Gasteiger partial charge in [-0.15, -0.1) is 0 Å². The Kier molecular flexibility index (Phi) is 5.02. The summed E-state index contributed by atoms with van der Waals surface area (Å²) in [6.07, 6.45) is 0. The summed E-state index contributed by atoms with van der Waals surface area (Å²) >= 11 is 7.64. The van der Waals surface area contributed by atoms with Gasteiger partial charge in [-0.25, -0.2) is 0 Å². The van der Waals surface area contributed by atoms with Gasteiger partial charge in [0.2, 0.25) is 0 Å². The predicted octanol–water partition coefficient (Wildman–Crippen LogP) is 5.69. The highest BCUT2D eigenvalue weighted by Gasteiger charge is 2.24. The van der Waals surface area contributed by atoms with Crippen LogP contribution in [0.4, 0.5) is 0 Å². The molecule has 0 aliphatic heterocycles. The monoisotopic (exact) mass is 366 g/mol. The van der Waals surface area contributed by atoms with Crippen LogP contribution >= 0.6 is 31.9 Å². The lowest BCUT2D eigenvalue weighted by Crippen LogP contribution is -2.14. The molecule has 0 radical (unpaired) electrons. The number of halogens is 2. The molecule has 0 saturated heterocycles. The molecule has 0 aromatic heterocycles. The second kappa shape index (κ2) is 6.53. The summed E-state index contributed by atoms with van der Waals surface area (Å²) in [6, 6.07) is 21.1. The zero-order valence-electron chi connectivity index (χ0n) is 10.3. The van der Waals surface area contributed by atoms with E-state index in [2.05, 4.69) is 93.4 Å². The van der Waals surface area contributed by atoms with Gasteiger partial charge in [0, 0.05) is 4.83 Å². The number of rotatable bonds is 4. The predicted molar refractivity (Wildman–Crippen MR) is 85.7 cm³/mol. The van der Waals surface area contributed by atoms with Crippen molar-refractivity contribution in [2.45, 2.75) is 22.5 Å². The molecule has 0 aliphatic rings. The Morgan fingerprint density at radius 1 is 0.722 bits per heavy atom. The Hall–Kier alpha value is -0.600. The molecule has 0 fully saturated rings. The van der Waals surface area contributed by atoms with E-state index in [4.69, 9.17) is 0 Å². The standard InChI is InChI=1S/C16H16Br2/c1-12(13-8-4-2-5-9-13)15(17)16(18)14-10-6-3-7-11-14/h2-12,15-16H,1H3/t12-,15+,16+/m1/s1. The zero-order chi connectivity index (χ0) is 13.0. The summed E-state index contributed by atoms with van der Waals surface area (Å²) in [5.41, 5.74) is 2.67. The molecule has 0 spiro atoms. The van der Waals surface area contributed by atoms with Gasteiger partial charge in [0.15, 0.2) is 0 Å². The highest BCUT2D eigenvalue weighted by Crippen LogP contribution is 2.39. The summed E-state index contributed by atoms with van der Waals surface area (Å²) in [5.74, 6) is 0.454. The van der Waals surface area contributed by atoms with E-state index < -0.39 is 0 Å². The van der Waals surface area contributed by atoms with Crippen LogP contribution in [0, 0.1) is 0 Å². The number of hydrogen-bond donors (Lipinski definition) is 0. The molecular weight excluding hydrogens is 352 g/mol. The second-order valence-corrected chi connectivity index (χ2v) is 6.50. The molecule has 0 unspecified atom stereocenters. The van der Waals surface area contributed by atoms with Crippen LogP contribution in [0.3, 0.4) is 0 Å². The van der Waals surface area contributed by atoms with Gasteiger partial charge in [-0.1, -0.05) is 99.4 Å². The van der Waals surface area contributed by atoms with Gasteiger partial charge in [0.25, 0.3) is 0 Å². The van der Waals surface area contributed by atoms with E-state index in [1.165, 1.54) is 11.1 Å². The lowest BCUT2D eigenvalue weighted by atomic mass is 9.94. The zero-order valence-corrected chi connectivity index (χ0v) is 13.4. The molecule has 0 N–H and O–H groups in total. The van der Waals surface area contributed by atoms with Crippen molar-refractivity contribution in [3.8, 4) is 0 Å². The van der Waals surface area contributed by atoms with E-state index in [-0.39, 0.29) is 0 Å². The molecule has 0 bridgehead atoms. The first-order valence-corrected chi connectivity index (χ1v) is 7.91. The van der Waals surface area contributed by atoms with Crippen LogP contribution in [0.1, 0.15) is 28.8 Å². The SMILES string of the molecule is C[C@H](c1ccccc1)[C@H](Br)[C@@H](Br)c1ccccc1. The fraction of sp³-hybridized carbons (Fsp3) is 0.250. The van der Waals surface area contributed by atoms with Crippen LogP contribution < -0.4 is 0 Å². The van der Waals surface area contributed by atoms with E-state index >= 15 is 0 Å². The van der Waals surface area contributed by atoms with Gasteiger partial charge < -0.3 is 0 Å². The maximum absolute atomic E-state index is 3.84. The van der Waals surface area contributed by atoms with Crippen molar-refractivity contribution in [2.24, 2.45) is 0 Å². The molecule has 2 heteroatoms. The molecule has 3 atom stereocenters. The minimum Gasteiger partial charge on any atom is -0.0868 e. The Labute approximate surface area is 126 Å². The molecule has 0 amide bonds. The Bertz CT molecular complexity index is 421. The average molecular weight is 368 g/mol. The maximum Gasteiger partial charge on any atom is 0.0526 e. The topological polar surface area (TPSA) is 0 Å². The number of benzene rings is 2. The van der Waals surface area contributed by atoms with Gasteiger partial charge in [-0.2, -0.15) is 0 Å². The van der Waals surface area contributed by atoms with E-state index in [0.717, 1.165) is 0 Å². The Balaban J connectivity index is 2.14. The average Bonchev–Trinajstić information content (AvgIpc) is 2.47. The van der Waals surface area contributed by atoms with Crippen LogP contribution in [-0.2, 0) is 0 Å². The molecule has 0 nitrogen and oxygen atoms in total. The van der Waals surface area contributed by atoms with Crippen LogP contribution in [0.15, 0.2) is 60.7 Å². The van der Waals surface area contributed by atoms with Crippen molar-refractivity contribution >= 4 is 31.9 Å². The van der Waals surface area contributed by atoms with Crippen LogP contribution in [0.5, 0.6) is 0 Å². The summed E-state index contributed by atoms with van der Waals surface area (Å²) in [5, 5.41) is 0. The highest BCUT2D eigenvalue weighted by atomic mass is 79.9. The van der Waals surface area contributed by atoms with Crippen molar-refractivity contribution in [1.82, 2.24) is 0 Å². The van der Waals surface area contributed by atoms with E-state index in [1.807, 2.05) is 6.07 Å². The third kappa shape index (κ3) is 3.24. The maximum atomic E-state index is 3.84. The fourth-order valence-electron chi connectivity index (χ4n) is 2.01. The first-order valence-electron chi connectivity index (χ1n) is 6.08. The molecule has 0 heterocycles. The minimum atomic E-state index is 0.314. The molecule has 18 heavy (non-hydrogen) atoms. The van der Waals surface area contributed by atoms with E-state index in [1.54, 1.807) is 0 Å². The second-order valence-electron chi connectivity index (χ2n) is 4.46. The quantitative estimate of drug-likeness (QED) is 0.609. The van der Waals surface area contributed by atoms with E-state index in [0.29, 0.717) is 15.6 Å². The molecule has 2 rings (SSSR count). The highest BCUT2D eigenvalue weighted by molar-refractivity contribution is 9.12. The number of alkyl halides is 2. The van der Waals surface area contributed by atoms with Crippen molar-refractivity contribution in [1.29, 1.82) is 0 Å². The smallest absolute Gasteiger partial charge is 0.0526 e.